The number of methoxy groups -OCH3 is 1. The molecule has 4 N–H and O–H groups in total. The maximum Gasteiger partial charge on any atom is 0.118 e. The Balaban J connectivity index is 2.20. The molecule has 0 spiro atoms. The lowest BCUT2D eigenvalue weighted by Crippen LogP contribution is -2.58. The molecule has 1 aromatic rings. The first-order valence-corrected chi connectivity index (χ1v) is 6.85. The van der Waals surface area contributed by atoms with Gasteiger partial charge in [0.05, 0.1) is 25.2 Å². The van der Waals surface area contributed by atoms with Crippen molar-refractivity contribution in [3.8, 4) is 5.75 Å². The summed E-state index contributed by atoms with van der Waals surface area (Å²) in [4.78, 5) is 0. The van der Waals surface area contributed by atoms with Crippen LogP contribution in [0.2, 0.25) is 0 Å². The van der Waals surface area contributed by atoms with Crippen molar-refractivity contribution in [1.82, 2.24) is 0 Å². The first kappa shape index (κ1) is 13.4. The van der Waals surface area contributed by atoms with Crippen molar-refractivity contribution in [1.29, 1.82) is 0 Å². The molecule has 2 rings (SSSR count). The van der Waals surface area contributed by atoms with Crippen LogP contribution in [0.1, 0.15) is 43.6 Å². The molecular weight excluding hydrogens is 226 g/mol. The lowest BCUT2D eigenvalue weighted by atomic mass is 9.73. The summed E-state index contributed by atoms with van der Waals surface area (Å²) in [5, 5.41) is 10.8. The van der Waals surface area contributed by atoms with Gasteiger partial charge >= 0.3 is 0 Å². The SMILES string of the molecule is COc1ccc([C@@H](C[NH3+])C2(O)CCCCC2)cc1. The number of aliphatic hydroxyl groups is 1. The van der Waals surface area contributed by atoms with Crippen molar-refractivity contribution in [3.05, 3.63) is 29.8 Å². The standard InChI is InChI=1S/C15H23NO2/c1-18-13-7-5-12(6-8-13)14(11-16)15(17)9-3-2-4-10-15/h5-8,14,17H,2-4,9-11,16H2,1H3/p+1/t14-/m1/s1. The number of quaternary nitrogens is 1. The third-order valence-corrected chi connectivity index (χ3v) is 4.17. The first-order valence-electron chi connectivity index (χ1n) is 6.85. The first-order chi connectivity index (χ1) is 8.69. The summed E-state index contributed by atoms with van der Waals surface area (Å²) in [6.45, 7) is 0.739. The number of ether oxygens (including phenoxy) is 1. The average molecular weight is 250 g/mol. The molecule has 0 unspecified atom stereocenters. The molecule has 0 bridgehead atoms. The van der Waals surface area contributed by atoms with Gasteiger partial charge in [-0.1, -0.05) is 31.4 Å². The summed E-state index contributed by atoms with van der Waals surface area (Å²) < 4.78 is 5.18. The van der Waals surface area contributed by atoms with E-state index in [9.17, 15) is 5.11 Å². The van der Waals surface area contributed by atoms with Gasteiger partial charge in [0.25, 0.3) is 0 Å². The van der Waals surface area contributed by atoms with Crippen molar-refractivity contribution in [2.75, 3.05) is 13.7 Å². The van der Waals surface area contributed by atoms with Crippen LogP contribution in [0.5, 0.6) is 5.75 Å². The van der Waals surface area contributed by atoms with Crippen LogP contribution in [0.4, 0.5) is 0 Å². The fourth-order valence-corrected chi connectivity index (χ4v) is 3.09. The van der Waals surface area contributed by atoms with E-state index in [-0.39, 0.29) is 5.92 Å². The van der Waals surface area contributed by atoms with E-state index in [1.54, 1.807) is 7.11 Å². The van der Waals surface area contributed by atoms with Crippen LogP contribution in [0.15, 0.2) is 24.3 Å². The number of benzene rings is 1. The van der Waals surface area contributed by atoms with Gasteiger partial charge in [0, 0.05) is 0 Å². The molecular formula is C15H24NO2+. The molecule has 100 valence electrons. The second-order valence-corrected chi connectivity index (χ2v) is 5.28. The van der Waals surface area contributed by atoms with Crippen LogP contribution in [-0.4, -0.2) is 24.4 Å². The fourth-order valence-electron chi connectivity index (χ4n) is 3.09. The molecule has 0 radical (unpaired) electrons. The molecule has 0 amide bonds. The van der Waals surface area contributed by atoms with E-state index in [4.69, 9.17) is 4.74 Å². The number of hydrogen-bond donors (Lipinski definition) is 2. The molecule has 0 aromatic heterocycles. The molecule has 1 fully saturated rings. The molecule has 1 aliphatic carbocycles. The zero-order chi connectivity index (χ0) is 13.0. The highest BCUT2D eigenvalue weighted by molar-refractivity contribution is 5.31. The van der Waals surface area contributed by atoms with Crippen molar-refractivity contribution in [2.24, 2.45) is 0 Å². The van der Waals surface area contributed by atoms with E-state index in [0.717, 1.165) is 38.0 Å². The zero-order valence-electron chi connectivity index (χ0n) is 11.2. The van der Waals surface area contributed by atoms with E-state index in [2.05, 4.69) is 17.9 Å². The Morgan fingerprint density at radius 1 is 1.22 bits per heavy atom. The van der Waals surface area contributed by atoms with E-state index >= 15 is 0 Å². The Bertz CT molecular complexity index is 369. The summed E-state index contributed by atoms with van der Waals surface area (Å²) in [6, 6.07) is 8.04. The van der Waals surface area contributed by atoms with Gasteiger partial charge < -0.3 is 15.6 Å². The van der Waals surface area contributed by atoms with Gasteiger partial charge in [0.1, 0.15) is 5.75 Å². The van der Waals surface area contributed by atoms with E-state index < -0.39 is 5.60 Å². The Hall–Kier alpha value is -1.06. The van der Waals surface area contributed by atoms with Crippen LogP contribution in [0.25, 0.3) is 0 Å². The summed E-state index contributed by atoms with van der Waals surface area (Å²) in [6.07, 6.45) is 5.31. The minimum atomic E-state index is -0.561. The number of hydrogen-bond acceptors (Lipinski definition) is 2. The van der Waals surface area contributed by atoms with Crippen LogP contribution >= 0.6 is 0 Å². The van der Waals surface area contributed by atoms with Gasteiger partial charge in [-0.25, -0.2) is 0 Å². The quantitative estimate of drug-likeness (QED) is 0.855. The lowest BCUT2D eigenvalue weighted by molar-refractivity contribution is -0.380. The highest BCUT2D eigenvalue weighted by Crippen LogP contribution is 2.39. The second-order valence-electron chi connectivity index (χ2n) is 5.28. The molecule has 3 nitrogen and oxygen atoms in total. The molecule has 0 aliphatic heterocycles. The summed E-state index contributed by atoms with van der Waals surface area (Å²) in [5.74, 6) is 1.00. The molecule has 1 aliphatic rings. The maximum atomic E-state index is 10.8. The largest absolute Gasteiger partial charge is 0.497 e. The van der Waals surface area contributed by atoms with Crippen LogP contribution in [0, 0.1) is 0 Å². The average Bonchev–Trinajstić information content (AvgIpc) is 2.41. The molecule has 18 heavy (non-hydrogen) atoms. The zero-order valence-corrected chi connectivity index (χ0v) is 11.2. The third-order valence-electron chi connectivity index (χ3n) is 4.17. The van der Waals surface area contributed by atoms with E-state index in [0.29, 0.717) is 0 Å². The minimum Gasteiger partial charge on any atom is -0.497 e. The normalized spacial score (nSPS) is 20.4. The van der Waals surface area contributed by atoms with Crippen LogP contribution in [-0.2, 0) is 0 Å². The van der Waals surface area contributed by atoms with Crippen molar-refractivity contribution in [2.45, 2.75) is 43.6 Å². The predicted octanol–water partition coefficient (Wildman–Crippen LogP) is 1.72. The molecule has 1 saturated carbocycles. The Labute approximate surface area is 109 Å². The van der Waals surface area contributed by atoms with Gasteiger partial charge in [-0.3, -0.25) is 0 Å². The van der Waals surface area contributed by atoms with E-state index in [1.165, 1.54) is 12.0 Å². The highest BCUT2D eigenvalue weighted by Gasteiger charge is 2.39. The molecule has 3 heteroatoms. The Kier molecular flexibility index (Phi) is 4.25. The predicted molar refractivity (Wildman–Crippen MR) is 71.5 cm³/mol. The van der Waals surface area contributed by atoms with Crippen LogP contribution < -0.4 is 10.5 Å². The Morgan fingerprint density at radius 2 is 1.83 bits per heavy atom. The summed E-state index contributed by atoms with van der Waals surface area (Å²) >= 11 is 0. The van der Waals surface area contributed by atoms with Gasteiger partial charge in [-0.15, -0.1) is 0 Å². The summed E-state index contributed by atoms with van der Waals surface area (Å²) in [7, 11) is 1.67. The molecule has 0 saturated heterocycles. The van der Waals surface area contributed by atoms with E-state index in [1.807, 2.05) is 12.1 Å². The van der Waals surface area contributed by atoms with Crippen molar-refractivity contribution < 1.29 is 15.6 Å². The topological polar surface area (TPSA) is 57.1 Å². The van der Waals surface area contributed by atoms with Gasteiger partial charge in [-0.2, -0.15) is 0 Å². The van der Waals surface area contributed by atoms with Gasteiger partial charge in [-0.05, 0) is 30.5 Å². The third kappa shape index (κ3) is 2.68. The second kappa shape index (κ2) is 5.72. The lowest BCUT2D eigenvalue weighted by Gasteiger charge is -2.38. The van der Waals surface area contributed by atoms with Gasteiger partial charge in [0.2, 0.25) is 0 Å². The number of rotatable bonds is 4. The van der Waals surface area contributed by atoms with Crippen molar-refractivity contribution >= 4 is 0 Å². The fraction of sp³-hybridized carbons (Fsp3) is 0.600. The summed E-state index contributed by atoms with van der Waals surface area (Å²) in [5.41, 5.74) is 4.65. The van der Waals surface area contributed by atoms with Gasteiger partial charge in [0.15, 0.2) is 0 Å². The minimum absolute atomic E-state index is 0.142. The highest BCUT2D eigenvalue weighted by atomic mass is 16.5. The van der Waals surface area contributed by atoms with Crippen LogP contribution in [0.3, 0.4) is 0 Å². The van der Waals surface area contributed by atoms with Crippen molar-refractivity contribution in [3.63, 3.8) is 0 Å². The monoisotopic (exact) mass is 250 g/mol. The molecule has 0 heterocycles. The Morgan fingerprint density at radius 3 is 2.33 bits per heavy atom. The molecule has 1 aromatic carbocycles. The molecule has 1 atom stereocenters. The maximum absolute atomic E-state index is 10.8. The smallest absolute Gasteiger partial charge is 0.118 e.